The van der Waals surface area contributed by atoms with Gasteiger partial charge in [-0.3, -0.25) is 0 Å². The van der Waals surface area contributed by atoms with Crippen molar-refractivity contribution in [3.8, 4) is 0 Å². The lowest BCUT2D eigenvalue weighted by atomic mass is 9.47. The molecule has 32 heavy (non-hydrogen) atoms. The minimum atomic E-state index is -1.23. The predicted molar refractivity (Wildman–Crippen MR) is 120 cm³/mol. The van der Waals surface area contributed by atoms with Crippen LogP contribution in [0.2, 0.25) is 0 Å². The minimum Gasteiger partial charge on any atom is -0.393 e. The second-order valence-electron chi connectivity index (χ2n) is 12.0. The summed E-state index contributed by atoms with van der Waals surface area (Å²) in [6.07, 6.45) is 6.67. The summed E-state index contributed by atoms with van der Waals surface area (Å²) < 4.78 is 11.6. The molecule has 1 saturated heterocycles. The monoisotopic (exact) mass is 450 g/mol. The van der Waals surface area contributed by atoms with Crippen molar-refractivity contribution in [1.82, 2.24) is 0 Å². The lowest BCUT2D eigenvalue weighted by molar-refractivity contribution is -0.284. The normalized spacial score (nSPS) is 54.2. The topological polar surface area (TPSA) is 99.4 Å². The Morgan fingerprint density at radius 1 is 1.03 bits per heavy atom. The van der Waals surface area contributed by atoms with Crippen molar-refractivity contribution in [2.75, 3.05) is 6.61 Å². The fourth-order valence-electron chi connectivity index (χ4n) is 8.67. The number of allylic oxidation sites excluding steroid dienone is 1. The van der Waals surface area contributed by atoms with Gasteiger partial charge in [-0.15, -0.1) is 0 Å². The summed E-state index contributed by atoms with van der Waals surface area (Å²) in [5, 5.41) is 40.3. The number of fused-ring (bicyclic) bond motifs is 5. The first-order valence-electron chi connectivity index (χ1n) is 12.8. The van der Waals surface area contributed by atoms with Crippen LogP contribution < -0.4 is 0 Å². The summed E-state index contributed by atoms with van der Waals surface area (Å²) in [5.74, 6) is 2.56. The highest BCUT2D eigenvalue weighted by Crippen LogP contribution is 2.66. The maximum atomic E-state index is 10.4. The summed E-state index contributed by atoms with van der Waals surface area (Å²) in [6.45, 7) is 6.87. The van der Waals surface area contributed by atoms with Gasteiger partial charge in [-0.1, -0.05) is 25.5 Å². The highest BCUT2D eigenvalue weighted by Gasteiger charge is 2.59. The molecule has 4 fully saturated rings. The fraction of sp³-hybridized carbons (Fsp3) is 0.923. The van der Waals surface area contributed by atoms with Crippen molar-refractivity contribution in [2.45, 2.75) is 109 Å². The molecule has 6 heteroatoms. The van der Waals surface area contributed by atoms with E-state index in [4.69, 9.17) is 9.47 Å². The van der Waals surface area contributed by atoms with Gasteiger partial charge < -0.3 is 29.9 Å². The fourth-order valence-corrected chi connectivity index (χ4v) is 8.67. The molecule has 1 heterocycles. The van der Waals surface area contributed by atoms with E-state index in [9.17, 15) is 20.4 Å². The van der Waals surface area contributed by atoms with Crippen LogP contribution in [0.1, 0.15) is 72.1 Å². The molecule has 5 aliphatic rings. The smallest absolute Gasteiger partial charge is 0.186 e. The van der Waals surface area contributed by atoms with Crippen LogP contribution in [0.25, 0.3) is 0 Å². The number of hydrogen-bond donors (Lipinski definition) is 4. The van der Waals surface area contributed by atoms with E-state index >= 15 is 0 Å². The molecule has 6 nitrogen and oxygen atoms in total. The Morgan fingerprint density at radius 2 is 1.81 bits per heavy atom. The van der Waals surface area contributed by atoms with Crippen molar-refractivity contribution in [2.24, 2.45) is 34.5 Å². The third-order valence-electron chi connectivity index (χ3n) is 10.5. The molecular formula is C26H42O6. The Morgan fingerprint density at radius 3 is 2.56 bits per heavy atom. The van der Waals surface area contributed by atoms with Gasteiger partial charge >= 0.3 is 0 Å². The summed E-state index contributed by atoms with van der Waals surface area (Å²) in [7, 11) is 0. The number of aliphatic hydroxyl groups is 4. The van der Waals surface area contributed by atoms with Gasteiger partial charge in [0, 0.05) is 0 Å². The van der Waals surface area contributed by atoms with Gasteiger partial charge in [-0.25, -0.2) is 0 Å². The Hall–Kier alpha value is -0.500. The van der Waals surface area contributed by atoms with E-state index in [1.807, 2.05) is 6.92 Å². The average Bonchev–Trinajstić information content (AvgIpc) is 3.12. The largest absolute Gasteiger partial charge is 0.393 e. The van der Waals surface area contributed by atoms with Crippen LogP contribution in [0.3, 0.4) is 0 Å². The maximum absolute atomic E-state index is 10.4. The van der Waals surface area contributed by atoms with Crippen molar-refractivity contribution in [3.05, 3.63) is 11.6 Å². The van der Waals surface area contributed by atoms with Crippen LogP contribution in [0.15, 0.2) is 11.6 Å². The quantitative estimate of drug-likeness (QED) is 0.494. The zero-order valence-corrected chi connectivity index (χ0v) is 19.8. The first-order chi connectivity index (χ1) is 15.1. The molecule has 0 bridgehead atoms. The Labute approximate surface area is 192 Å². The molecule has 0 spiro atoms. The molecule has 12 atom stereocenters. The molecule has 5 rings (SSSR count). The lowest BCUT2D eigenvalue weighted by Gasteiger charge is -2.58. The summed E-state index contributed by atoms with van der Waals surface area (Å²) in [6, 6.07) is 0. The molecule has 0 aromatic carbocycles. The van der Waals surface area contributed by atoms with Crippen LogP contribution in [-0.4, -0.2) is 63.8 Å². The maximum Gasteiger partial charge on any atom is 0.186 e. The van der Waals surface area contributed by atoms with E-state index < -0.39 is 24.6 Å². The highest BCUT2D eigenvalue weighted by atomic mass is 16.7. The second-order valence-corrected chi connectivity index (χ2v) is 12.0. The number of rotatable bonds is 3. The Bertz CT molecular complexity index is 738. The first kappa shape index (κ1) is 23.3. The number of hydrogen-bond acceptors (Lipinski definition) is 6. The van der Waals surface area contributed by atoms with E-state index in [-0.39, 0.29) is 29.6 Å². The van der Waals surface area contributed by atoms with Gasteiger partial charge in [0.2, 0.25) is 0 Å². The zero-order valence-electron chi connectivity index (χ0n) is 19.8. The second kappa shape index (κ2) is 8.31. The molecule has 182 valence electrons. The third kappa shape index (κ3) is 3.52. The summed E-state index contributed by atoms with van der Waals surface area (Å²) >= 11 is 0. The first-order valence-corrected chi connectivity index (χ1v) is 12.8. The van der Waals surface area contributed by atoms with Crippen molar-refractivity contribution in [1.29, 1.82) is 0 Å². The lowest BCUT2D eigenvalue weighted by Crippen LogP contribution is -2.55. The SMILES string of the molecule is C[C@H](O)[C@H]1CC[C@@H]2[C@@H]3CC=C4C[C@@H](O[C@@H]5OC[C@H](O)[C@H](O)[C@H]5O)CC[C@]4(C)[C@H]3CC[C@@]21C. The van der Waals surface area contributed by atoms with Gasteiger partial charge in [-0.05, 0) is 92.8 Å². The molecule has 0 aromatic rings. The van der Waals surface area contributed by atoms with E-state index in [1.54, 1.807) is 0 Å². The van der Waals surface area contributed by atoms with Gasteiger partial charge in [0.05, 0.1) is 18.8 Å². The molecule has 3 saturated carbocycles. The molecule has 0 radical (unpaired) electrons. The third-order valence-corrected chi connectivity index (χ3v) is 10.5. The molecule has 0 aromatic heterocycles. The predicted octanol–water partition coefficient (Wildman–Crippen LogP) is 2.77. The van der Waals surface area contributed by atoms with E-state index in [0.29, 0.717) is 23.7 Å². The van der Waals surface area contributed by atoms with Crippen LogP contribution in [0, 0.1) is 34.5 Å². The molecule has 4 aliphatic carbocycles. The van der Waals surface area contributed by atoms with Crippen molar-refractivity contribution >= 4 is 0 Å². The van der Waals surface area contributed by atoms with Gasteiger partial charge in [0.1, 0.15) is 18.3 Å². The van der Waals surface area contributed by atoms with Gasteiger partial charge in [0.15, 0.2) is 6.29 Å². The molecule has 1 aliphatic heterocycles. The van der Waals surface area contributed by atoms with Crippen LogP contribution in [0.5, 0.6) is 0 Å². The molecule has 0 unspecified atom stereocenters. The van der Waals surface area contributed by atoms with E-state index in [0.717, 1.165) is 32.1 Å². The van der Waals surface area contributed by atoms with Gasteiger partial charge in [0.25, 0.3) is 0 Å². The Balaban J connectivity index is 1.29. The average molecular weight is 451 g/mol. The molecule has 4 N–H and O–H groups in total. The van der Waals surface area contributed by atoms with Crippen molar-refractivity contribution in [3.63, 3.8) is 0 Å². The summed E-state index contributed by atoms with van der Waals surface area (Å²) in [4.78, 5) is 0. The number of aliphatic hydroxyl groups excluding tert-OH is 4. The van der Waals surface area contributed by atoms with E-state index in [2.05, 4.69) is 19.9 Å². The van der Waals surface area contributed by atoms with Gasteiger partial charge in [-0.2, -0.15) is 0 Å². The highest BCUT2D eigenvalue weighted by molar-refractivity contribution is 5.25. The van der Waals surface area contributed by atoms with Crippen molar-refractivity contribution < 1.29 is 29.9 Å². The molecule has 0 amide bonds. The van der Waals surface area contributed by atoms with E-state index in [1.165, 1.54) is 24.8 Å². The number of ether oxygens (including phenoxy) is 2. The zero-order chi connectivity index (χ0) is 22.8. The standard InChI is InChI=1S/C26H42O6/c1-14(27)18-6-7-19-17-5-4-15-12-16(32-24-23(30)22(29)21(28)13-31-24)8-10-25(15,2)20(17)9-11-26(18,19)3/h4,14,16-24,27-30H,5-13H2,1-3H3/t14-,16-,17-,18+,19+,20-,21-,22-,23+,24-,25-,26+/m0/s1. The minimum absolute atomic E-state index is 0.0204. The van der Waals surface area contributed by atoms with Crippen LogP contribution >= 0.6 is 0 Å². The van der Waals surface area contributed by atoms with Crippen LogP contribution in [0.4, 0.5) is 0 Å². The Kier molecular flexibility index (Phi) is 6.04. The summed E-state index contributed by atoms with van der Waals surface area (Å²) in [5.41, 5.74) is 1.97. The van der Waals surface area contributed by atoms with Crippen LogP contribution in [-0.2, 0) is 9.47 Å². The molecular weight excluding hydrogens is 408 g/mol.